The van der Waals surface area contributed by atoms with Crippen LogP contribution in [0, 0.1) is 6.92 Å². The summed E-state index contributed by atoms with van der Waals surface area (Å²) in [4.78, 5) is 2.78. The van der Waals surface area contributed by atoms with E-state index in [-0.39, 0.29) is 33.9 Å². The molecule has 3 nitrogen and oxygen atoms in total. The Morgan fingerprint density at radius 3 is 1.86 bits per heavy atom. The molecule has 0 saturated heterocycles. The molecule has 0 fully saturated rings. The smallest absolute Gasteiger partial charge is 0.333 e. The second-order valence-electron chi connectivity index (χ2n) is 25.4. The molecule has 70 heavy (non-hydrogen) atoms. The predicted molar refractivity (Wildman–Crippen MR) is 297 cm³/mol. The van der Waals surface area contributed by atoms with Gasteiger partial charge in [-0.1, -0.05) is 142 Å². The number of aromatic nitrogens is 1. The van der Waals surface area contributed by atoms with E-state index in [0.29, 0.717) is 0 Å². The molecule has 0 spiro atoms. The van der Waals surface area contributed by atoms with E-state index < -0.39 is 0 Å². The highest BCUT2D eigenvalue weighted by Crippen LogP contribution is 2.59. The van der Waals surface area contributed by atoms with Gasteiger partial charge in [0, 0.05) is 49.6 Å². The van der Waals surface area contributed by atoms with Gasteiger partial charge in [0.05, 0.1) is 11.0 Å². The van der Waals surface area contributed by atoms with E-state index in [0.717, 1.165) is 24.0 Å². The minimum Gasteiger partial charge on any atom is -0.455 e. The second-order valence-corrected chi connectivity index (χ2v) is 25.4. The van der Waals surface area contributed by atoms with Crippen molar-refractivity contribution in [2.75, 3.05) is 4.81 Å². The monoisotopic (exact) mass is 908 g/mol. The largest absolute Gasteiger partial charge is 0.455 e. The van der Waals surface area contributed by atoms with E-state index in [9.17, 15) is 0 Å². The lowest BCUT2D eigenvalue weighted by Crippen LogP contribution is -2.61. The van der Waals surface area contributed by atoms with E-state index in [2.05, 4.69) is 207 Å². The van der Waals surface area contributed by atoms with Gasteiger partial charge in [-0.3, -0.25) is 0 Å². The Bertz CT molecular complexity index is 4070. The zero-order valence-corrected chi connectivity index (χ0v) is 42.8. The topological polar surface area (TPSA) is 21.3 Å². The Hall–Kier alpha value is -6.52. The highest BCUT2D eigenvalue weighted by atomic mass is 16.3. The quantitative estimate of drug-likeness (QED) is 0.153. The molecule has 4 heterocycles. The average Bonchev–Trinajstić information content (AvgIpc) is 3.94. The molecule has 0 amide bonds. The first-order chi connectivity index (χ1) is 33.4. The zero-order valence-electron chi connectivity index (χ0n) is 42.8. The normalized spacial score (nSPS) is 19.1. The molecule has 2 aliphatic heterocycles. The summed E-state index contributed by atoms with van der Waals surface area (Å²) in [6, 6.07) is 47.9. The number of para-hydroxylation sites is 1. The van der Waals surface area contributed by atoms with E-state index >= 15 is 0 Å². The van der Waals surface area contributed by atoms with Gasteiger partial charge in [0.25, 0.3) is 0 Å². The van der Waals surface area contributed by atoms with Gasteiger partial charge in [-0.2, -0.15) is 0 Å². The van der Waals surface area contributed by atoms with Crippen LogP contribution < -0.4 is 15.7 Å². The maximum Gasteiger partial charge on any atom is 0.333 e. The lowest BCUT2D eigenvalue weighted by Gasteiger charge is -2.46. The second kappa shape index (κ2) is 12.9. The van der Waals surface area contributed by atoms with Gasteiger partial charge < -0.3 is 13.8 Å². The number of aryl methyl sites for hydroxylation is 1. The molecular weight excluding hydrogens is 848 g/mol. The Morgan fingerprint density at radius 1 is 0.486 bits per heavy atom. The van der Waals surface area contributed by atoms with E-state index in [1.54, 1.807) is 0 Å². The SMILES string of the molecule is Cc1cc2c(cc1N1B3c4c(cc5c(c4-c4c1ccc1c4oc4cc6c(cc41)C(C)(C)CCC6(C)C)C(C)(C)c1ccccc1-5)-n1c4cc5ccccc5cc4c4cccc3c41)C(C)(C)CCC2(C)C. The minimum atomic E-state index is -0.278. The number of rotatable bonds is 1. The summed E-state index contributed by atoms with van der Waals surface area (Å²) in [5, 5.41) is 7.58. The maximum absolute atomic E-state index is 7.63. The number of anilines is 2. The summed E-state index contributed by atoms with van der Waals surface area (Å²) in [6.07, 6.45) is 4.68. The van der Waals surface area contributed by atoms with Crippen LogP contribution in [0.4, 0.5) is 11.4 Å². The molecule has 0 unspecified atom stereocenters. The highest BCUT2D eigenvalue weighted by Gasteiger charge is 2.51. The van der Waals surface area contributed by atoms with Crippen molar-refractivity contribution in [2.24, 2.45) is 0 Å². The first kappa shape index (κ1) is 41.3. The number of hydrogen-bond acceptors (Lipinski definition) is 2. The van der Waals surface area contributed by atoms with Crippen LogP contribution in [0.3, 0.4) is 0 Å². The number of nitrogens with zero attached hydrogens (tertiary/aromatic N) is 2. The first-order valence-corrected chi connectivity index (χ1v) is 26.1. The first-order valence-electron chi connectivity index (χ1n) is 26.1. The fourth-order valence-corrected chi connectivity index (χ4v) is 15.0. The Balaban J connectivity index is 1.15. The molecule has 5 aliphatic rings. The van der Waals surface area contributed by atoms with Gasteiger partial charge >= 0.3 is 6.85 Å². The van der Waals surface area contributed by atoms with Crippen molar-refractivity contribution in [3.05, 3.63) is 160 Å². The molecule has 3 aliphatic carbocycles. The van der Waals surface area contributed by atoms with Gasteiger partial charge in [0.15, 0.2) is 0 Å². The predicted octanol–water partition coefficient (Wildman–Crippen LogP) is 16.4. The third-order valence-electron chi connectivity index (χ3n) is 19.1. The molecule has 2 aromatic heterocycles. The molecule has 15 rings (SSSR count). The molecular formula is C66H61BN2O. The summed E-state index contributed by atoms with van der Waals surface area (Å²) >= 11 is 0. The molecule has 0 bridgehead atoms. The fourth-order valence-electron chi connectivity index (χ4n) is 15.0. The summed E-state index contributed by atoms with van der Waals surface area (Å²) in [7, 11) is 0. The molecule has 0 atom stereocenters. The summed E-state index contributed by atoms with van der Waals surface area (Å²) in [6.45, 7) is 26.8. The lowest BCUT2D eigenvalue weighted by molar-refractivity contribution is 0.332. The van der Waals surface area contributed by atoms with Gasteiger partial charge in [0.2, 0.25) is 0 Å². The zero-order chi connectivity index (χ0) is 47.9. The van der Waals surface area contributed by atoms with Crippen molar-refractivity contribution in [2.45, 2.75) is 129 Å². The van der Waals surface area contributed by atoms with Crippen LogP contribution in [0.15, 0.2) is 126 Å². The summed E-state index contributed by atoms with van der Waals surface area (Å²) in [5.41, 5.74) is 26.3. The van der Waals surface area contributed by atoms with Crippen molar-refractivity contribution in [1.29, 1.82) is 0 Å². The molecule has 10 aromatic rings. The lowest BCUT2D eigenvalue weighted by atomic mass is 9.43. The number of hydrogen-bond donors (Lipinski definition) is 0. The van der Waals surface area contributed by atoms with Crippen molar-refractivity contribution in [3.8, 4) is 27.9 Å². The van der Waals surface area contributed by atoms with Gasteiger partial charge in [-0.15, -0.1) is 0 Å². The van der Waals surface area contributed by atoms with Crippen LogP contribution in [0.2, 0.25) is 0 Å². The molecule has 0 saturated carbocycles. The van der Waals surface area contributed by atoms with E-state index in [4.69, 9.17) is 4.42 Å². The van der Waals surface area contributed by atoms with Crippen molar-refractivity contribution in [1.82, 2.24) is 4.57 Å². The Kier molecular flexibility index (Phi) is 7.59. The molecule has 0 radical (unpaired) electrons. The van der Waals surface area contributed by atoms with Crippen molar-refractivity contribution >= 4 is 83.7 Å². The minimum absolute atomic E-state index is 0.0377. The van der Waals surface area contributed by atoms with Crippen LogP contribution in [-0.4, -0.2) is 11.4 Å². The van der Waals surface area contributed by atoms with Crippen LogP contribution in [-0.2, 0) is 27.1 Å². The fraction of sp³-hybridized carbons (Fsp3) is 0.303. The highest BCUT2D eigenvalue weighted by molar-refractivity contribution is 6.94. The van der Waals surface area contributed by atoms with Crippen LogP contribution in [0.1, 0.15) is 134 Å². The number of furan rings is 1. The van der Waals surface area contributed by atoms with Gasteiger partial charge in [-0.05, 0) is 180 Å². The maximum atomic E-state index is 7.63. The Labute approximate surface area is 412 Å². The number of benzene rings is 8. The van der Waals surface area contributed by atoms with E-state index in [1.807, 2.05) is 0 Å². The Morgan fingerprint density at radius 2 is 1.13 bits per heavy atom. The summed E-state index contributed by atoms with van der Waals surface area (Å²) < 4.78 is 10.3. The van der Waals surface area contributed by atoms with Gasteiger partial charge in [-0.25, -0.2) is 0 Å². The van der Waals surface area contributed by atoms with Gasteiger partial charge in [0.1, 0.15) is 11.2 Å². The average molecular weight is 909 g/mol. The molecule has 4 heteroatoms. The van der Waals surface area contributed by atoms with Crippen LogP contribution in [0.5, 0.6) is 0 Å². The third-order valence-corrected chi connectivity index (χ3v) is 19.1. The molecule has 0 N–H and O–H groups in total. The van der Waals surface area contributed by atoms with Crippen molar-refractivity contribution in [3.63, 3.8) is 0 Å². The van der Waals surface area contributed by atoms with E-state index in [1.165, 1.54) is 145 Å². The molecule has 344 valence electrons. The van der Waals surface area contributed by atoms with Crippen molar-refractivity contribution < 1.29 is 4.42 Å². The third kappa shape index (κ3) is 4.98. The number of fused-ring (bicyclic) bond motifs is 18. The molecule has 8 aromatic carbocycles. The van der Waals surface area contributed by atoms with Crippen LogP contribution >= 0.6 is 0 Å². The standard InChI is InChI=1S/C66H61BN2O/c1-36-29-46-48(64(6,7)27-25-62(46,2)3)34-52(36)69-51-24-23-41-43-32-47-49(65(8,9)28-26-63(47,4)5)35-55(43)70-61(41)56(51)57-58-44(39-19-14-15-21-45(39)66(58,10)11)33-54-59(57)67(69)50-22-16-20-40-42-30-37-17-12-13-18-38(37)31-53(42)68(54)60(40)50/h12-24,29-35H,25-28H2,1-11H3. The summed E-state index contributed by atoms with van der Waals surface area (Å²) in [5.74, 6) is 0. The van der Waals surface area contributed by atoms with Crippen LogP contribution in [0.25, 0.3) is 82.5 Å².